The van der Waals surface area contributed by atoms with Crippen LogP contribution in [0.25, 0.3) is 11.1 Å². The normalized spacial score (nSPS) is 10.5. The smallest absolute Gasteiger partial charge is 0.192 e. The molecule has 2 aromatic carbocycles. The monoisotopic (exact) mass is 352 g/mol. The molecule has 0 spiro atoms. The molecule has 2 rings (SSSR count). The highest BCUT2D eigenvalue weighted by molar-refractivity contribution is 14.1. The number of hydrogen-bond acceptors (Lipinski definition) is 1. The first kappa shape index (κ1) is 13.4. The molecule has 0 aliphatic heterocycles. The van der Waals surface area contributed by atoms with Crippen molar-refractivity contribution in [2.75, 3.05) is 0 Å². The van der Waals surface area contributed by atoms with Gasteiger partial charge in [0.05, 0.1) is 0 Å². The van der Waals surface area contributed by atoms with Gasteiger partial charge in [-0.15, -0.1) is 0 Å². The summed E-state index contributed by atoms with van der Waals surface area (Å²) in [6, 6.07) is 10.9. The van der Waals surface area contributed by atoms with Crippen molar-refractivity contribution in [1.82, 2.24) is 0 Å². The van der Waals surface area contributed by atoms with E-state index in [2.05, 4.69) is 58.0 Å². The standard InChI is InChI=1S/C16H17IO/c1-10-5-6-14(7-11(10)2)15-8-12(3)13(4)16(9-15)18-17/h5-9H,1-4H3. The van der Waals surface area contributed by atoms with E-state index in [1.807, 2.05) is 23.0 Å². The molecule has 0 N–H and O–H groups in total. The van der Waals surface area contributed by atoms with Gasteiger partial charge in [-0.05, 0) is 67.1 Å². The molecule has 94 valence electrons. The Labute approximate surface area is 123 Å². The second-order valence-electron chi connectivity index (χ2n) is 4.79. The second kappa shape index (κ2) is 5.31. The van der Waals surface area contributed by atoms with Gasteiger partial charge in [-0.1, -0.05) is 24.3 Å². The van der Waals surface area contributed by atoms with Crippen LogP contribution >= 0.6 is 23.0 Å². The lowest BCUT2D eigenvalue weighted by Crippen LogP contribution is -1.89. The van der Waals surface area contributed by atoms with Crippen molar-refractivity contribution < 1.29 is 3.07 Å². The van der Waals surface area contributed by atoms with Crippen molar-refractivity contribution in [3.05, 3.63) is 52.6 Å². The van der Waals surface area contributed by atoms with Crippen molar-refractivity contribution in [3.8, 4) is 16.9 Å². The van der Waals surface area contributed by atoms with Gasteiger partial charge in [0.1, 0.15) is 5.75 Å². The molecule has 0 aliphatic carbocycles. The quantitative estimate of drug-likeness (QED) is 0.665. The molecule has 0 aromatic heterocycles. The zero-order valence-electron chi connectivity index (χ0n) is 11.2. The van der Waals surface area contributed by atoms with Crippen molar-refractivity contribution in [1.29, 1.82) is 0 Å². The molecule has 0 unspecified atom stereocenters. The van der Waals surface area contributed by atoms with Crippen LogP contribution in [0.15, 0.2) is 30.3 Å². The number of benzene rings is 2. The van der Waals surface area contributed by atoms with E-state index in [1.165, 1.54) is 33.4 Å². The second-order valence-corrected chi connectivity index (χ2v) is 5.23. The summed E-state index contributed by atoms with van der Waals surface area (Å²) < 4.78 is 5.41. The summed E-state index contributed by atoms with van der Waals surface area (Å²) in [5, 5.41) is 0. The Kier molecular flexibility index (Phi) is 3.95. The van der Waals surface area contributed by atoms with E-state index in [9.17, 15) is 0 Å². The first-order valence-electron chi connectivity index (χ1n) is 6.00. The molecule has 0 atom stereocenters. The summed E-state index contributed by atoms with van der Waals surface area (Å²) in [5.74, 6) is 0.948. The van der Waals surface area contributed by atoms with Gasteiger partial charge in [0, 0.05) is 0 Å². The Balaban J connectivity index is 2.57. The van der Waals surface area contributed by atoms with E-state index in [-0.39, 0.29) is 0 Å². The third kappa shape index (κ3) is 2.53. The molecule has 0 saturated carbocycles. The van der Waals surface area contributed by atoms with Gasteiger partial charge in [-0.25, -0.2) is 0 Å². The minimum atomic E-state index is 0.948. The molecular weight excluding hydrogens is 335 g/mol. The Hall–Kier alpha value is -1.03. The first-order chi connectivity index (χ1) is 8.52. The predicted octanol–water partition coefficient (Wildman–Crippen LogP) is 5.32. The van der Waals surface area contributed by atoms with E-state index in [0.717, 1.165) is 5.75 Å². The summed E-state index contributed by atoms with van der Waals surface area (Å²) in [6.45, 7) is 8.50. The molecule has 1 nitrogen and oxygen atoms in total. The van der Waals surface area contributed by atoms with E-state index in [4.69, 9.17) is 3.07 Å². The maximum Gasteiger partial charge on any atom is 0.192 e. The van der Waals surface area contributed by atoms with Crippen LogP contribution in [-0.2, 0) is 0 Å². The lowest BCUT2D eigenvalue weighted by atomic mass is 9.97. The Morgan fingerprint density at radius 1 is 0.778 bits per heavy atom. The van der Waals surface area contributed by atoms with Crippen LogP contribution < -0.4 is 3.07 Å². The summed E-state index contributed by atoms with van der Waals surface area (Å²) in [7, 11) is 0. The number of hydrogen-bond donors (Lipinski definition) is 0. The highest BCUT2D eigenvalue weighted by Crippen LogP contribution is 2.31. The van der Waals surface area contributed by atoms with Crippen LogP contribution in [0.3, 0.4) is 0 Å². The van der Waals surface area contributed by atoms with Crippen LogP contribution in [0.4, 0.5) is 0 Å². The van der Waals surface area contributed by atoms with Gasteiger partial charge in [-0.3, -0.25) is 0 Å². The van der Waals surface area contributed by atoms with Gasteiger partial charge in [0.2, 0.25) is 0 Å². The van der Waals surface area contributed by atoms with E-state index >= 15 is 0 Å². The van der Waals surface area contributed by atoms with Crippen molar-refractivity contribution >= 4 is 23.0 Å². The molecular formula is C16H17IO. The summed E-state index contributed by atoms with van der Waals surface area (Å²) >= 11 is 1.94. The minimum absolute atomic E-state index is 0.948. The molecule has 0 heterocycles. The molecule has 0 bridgehead atoms. The third-order valence-corrected chi connectivity index (χ3v) is 4.02. The zero-order chi connectivity index (χ0) is 13.3. The molecule has 0 amide bonds. The van der Waals surface area contributed by atoms with Gasteiger partial charge in [0.25, 0.3) is 0 Å². The fourth-order valence-electron chi connectivity index (χ4n) is 1.99. The average Bonchev–Trinajstić information content (AvgIpc) is 2.36. The zero-order valence-corrected chi connectivity index (χ0v) is 13.3. The molecule has 18 heavy (non-hydrogen) atoms. The predicted molar refractivity (Wildman–Crippen MR) is 85.5 cm³/mol. The lowest BCUT2D eigenvalue weighted by molar-refractivity contribution is 0.708. The minimum Gasteiger partial charge on any atom is -0.427 e. The van der Waals surface area contributed by atoms with Crippen LogP contribution in [0.5, 0.6) is 5.75 Å². The first-order valence-corrected chi connectivity index (χ1v) is 6.88. The Morgan fingerprint density at radius 3 is 2.06 bits per heavy atom. The van der Waals surface area contributed by atoms with Crippen LogP contribution in [0, 0.1) is 27.7 Å². The van der Waals surface area contributed by atoms with Gasteiger partial charge >= 0.3 is 0 Å². The maximum absolute atomic E-state index is 5.41. The summed E-state index contributed by atoms with van der Waals surface area (Å²) in [4.78, 5) is 0. The SMILES string of the molecule is Cc1ccc(-c2cc(C)c(C)c(OI)c2)cc1C. The Morgan fingerprint density at radius 2 is 1.44 bits per heavy atom. The van der Waals surface area contributed by atoms with Crippen molar-refractivity contribution in [2.24, 2.45) is 0 Å². The summed E-state index contributed by atoms with van der Waals surface area (Å²) in [6.07, 6.45) is 0. The lowest BCUT2D eigenvalue weighted by Gasteiger charge is -2.11. The highest BCUT2D eigenvalue weighted by Gasteiger charge is 2.07. The Bertz CT molecular complexity index is 588. The maximum atomic E-state index is 5.41. The topological polar surface area (TPSA) is 9.23 Å². The highest BCUT2D eigenvalue weighted by atomic mass is 127. The fourth-order valence-corrected chi connectivity index (χ4v) is 2.45. The fraction of sp³-hybridized carbons (Fsp3) is 0.250. The van der Waals surface area contributed by atoms with Gasteiger partial charge < -0.3 is 3.07 Å². The number of aryl methyl sites for hydroxylation is 3. The van der Waals surface area contributed by atoms with E-state index in [1.54, 1.807) is 0 Å². The largest absolute Gasteiger partial charge is 0.427 e. The molecule has 0 radical (unpaired) electrons. The molecule has 2 heteroatoms. The molecule has 0 fully saturated rings. The van der Waals surface area contributed by atoms with Crippen LogP contribution in [-0.4, -0.2) is 0 Å². The van der Waals surface area contributed by atoms with E-state index in [0.29, 0.717) is 0 Å². The number of rotatable bonds is 2. The number of halogens is 1. The third-order valence-electron chi connectivity index (χ3n) is 3.54. The molecule has 0 aliphatic rings. The van der Waals surface area contributed by atoms with E-state index < -0.39 is 0 Å². The average molecular weight is 352 g/mol. The van der Waals surface area contributed by atoms with Gasteiger partial charge in [-0.2, -0.15) is 0 Å². The van der Waals surface area contributed by atoms with Crippen molar-refractivity contribution in [3.63, 3.8) is 0 Å². The van der Waals surface area contributed by atoms with Crippen LogP contribution in [0.1, 0.15) is 22.3 Å². The molecule has 0 saturated heterocycles. The summed E-state index contributed by atoms with van der Waals surface area (Å²) in [5.41, 5.74) is 7.58. The van der Waals surface area contributed by atoms with Gasteiger partial charge in [0.15, 0.2) is 23.0 Å². The van der Waals surface area contributed by atoms with Crippen LogP contribution in [0.2, 0.25) is 0 Å². The van der Waals surface area contributed by atoms with Crippen molar-refractivity contribution in [2.45, 2.75) is 27.7 Å². The molecule has 2 aromatic rings.